The topological polar surface area (TPSA) is 39.6 Å². The molecule has 1 aromatic heterocycles. The molecule has 2 rings (SSSR count). The third kappa shape index (κ3) is 1.78. The quantitative estimate of drug-likeness (QED) is 0.786. The van der Waals surface area contributed by atoms with E-state index in [1.807, 2.05) is 6.07 Å². The normalized spacial score (nSPS) is 11.7. The lowest BCUT2D eigenvalue weighted by molar-refractivity contribution is -0.140. The average molecular weight is 289 g/mol. The van der Waals surface area contributed by atoms with Gasteiger partial charge < -0.3 is 4.98 Å². The van der Waals surface area contributed by atoms with E-state index in [0.29, 0.717) is 20.9 Å². The number of nitriles is 1. The molecule has 2 nitrogen and oxygen atoms in total. The summed E-state index contributed by atoms with van der Waals surface area (Å²) < 4.78 is 37.7. The Morgan fingerprint density at radius 3 is 2.50 bits per heavy atom. The van der Waals surface area contributed by atoms with Gasteiger partial charge in [-0.1, -0.05) is 0 Å². The van der Waals surface area contributed by atoms with Gasteiger partial charge in [-0.05, 0) is 34.1 Å². The van der Waals surface area contributed by atoms with Crippen molar-refractivity contribution in [1.29, 1.82) is 5.26 Å². The van der Waals surface area contributed by atoms with Gasteiger partial charge in [0.2, 0.25) is 0 Å². The van der Waals surface area contributed by atoms with Crippen molar-refractivity contribution < 1.29 is 13.2 Å². The van der Waals surface area contributed by atoms with Crippen LogP contribution in [0.4, 0.5) is 13.2 Å². The number of hydrogen-bond acceptors (Lipinski definition) is 1. The number of benzene rings is 1. The maximum absolute atomic E-state index is 12.4. The lowest BCUT2D eigenvalue weighted by Gasteiger charge is -2.01. The summed E-state index contributed by atoms with van der Waals surface area (Å²) in [7, 11) is 0. The van der Waals surface area contributed by atoms with Gasteiger partial charge in [0.15, 0.2) is 0 Å². The summed E-state index contributed by atoms with van der Waals surface area (Å²) in [5, 5.41) is 9.04. The van der Waals surface area contributed by atoms with E-state index >= 15 is 0 Å². The fourth-order valence-electron chi connectivity index (χ4n) is 1.42. The van der Waals surface area contributed by atoms with Crippen molar-refractivity contribution in [3.05, 3.63) is 33.9 Å². The Hall–Kier alpha value is -1.48. The van der Waals surface area contributed by atoms with Gasteiger partial charge in [-0.3, -0.25) is 0 Å². The molecule has 1 aromatic carbocycles. The zero-order valence-electron chi connectivity index (χ0n) is 7.69. The second-order valence-corrected chi connectivity index (χ2v) is 4.07. The lowest BCUT2D eigenvalue weighted by Crippen LogP contribution is -2.04. The molecule has 0 radical (unpaired) electrons. The number of nitrogens with zero attached hydrogens (tertiary/aromatic N) is 1. The first-order valence-corrected chi connectivity index (χ1v) is 5.00. The third-order valence-electron chi connectivity index (χ3n) is 2.11. The molecule has 0 aliphatic rings. The van der Waals surface area contributed by atoms with Crippen LogP contribution in [-0.2, 0) is 6.18 Å². The Bertz CT molecular complexity index is 592. The van der Waals surface area contributed by atoms with Crippen LogP contribution in [0.1, 0.15) is 11.3 Å². The number of aromatic amines is 1. The van der Waals surface area contributed by atoms with Crippen molar-refractivity contribution in [2.45, 2.75) is 6.18 Å². The maximum atomic E-state index is 12.4. The highest BCUT2D eigenvalue weighted by atomic mass is 79.9. The minimum atomic E-state index is -4.41. The van der Waals surface area contributed by atoms with E-state index in [2.05, 4.69) is 20.9 Å². The molecule has 0 fully saturated rings. The van der Waals surface area contributed by atoms with Crippen molar-refractivity contribution in [1.82, 2.24) is 4.98 Å². The van der Waals surface area contributed by atoms with Gasteiger partial charge >= 0.3 is 6.18 Å². The highest BCUT2D eigenvalue weighted by molar-refractivity contribution is 9.10. The molecule has 1 N–H and O–H groups in total. The highest BCUT2D eigenvalue weighted by Gasteiger charge is 2.32. The smallest absolute Gasteiger partial charge is 0.350 e. The fraction of sp³-hybridized carbons (Fsp3) is 0.100. The predicted octanol–water partition coefficient (Wildman–Crippen LogP) is 3.82. The standard InChI is InChI=1S/C10H4BrF3N2/c11-7-2-5(4-15)1-6-3-8(10(12,13)14)16-9(6)7/h1-3,16H. The first kappa shape index (κ1) is 11.0. The molecule has 82 valence electrons. The molecule has 1 heterocycles. The average Bonchev–Trinajstić information content (AvgIpc) is 2.61. The number of nitrogens with one attached hydrogen (secondary N) is 1. The van der Waals surface area contributed by atoms with Crippen LogP contribution in [0, 0.1) is 11.3 Å². The minimum absolute atomic E-state index is 0.312. The number of rotatable bonds is 0. The van der Waals surface area contributed by atoms with Crippen LogP contribution in [-0.4, -0.2) is 4.98 Å². The monoisotopic (exact) mass is 288 g/mol. The van der Waals surface area contributed by atoms with E-state index in [4.69, 9.17) is 5.26 Å². The summed E-state index contributed by atoms with van der Waals surface area (Å²) in [5.74, 6) is 0. The molecule has 0 aliphatic carbocycles. The summed E-state index contributed by atoms with van der Waals surface area (Å²) in [4.78, 5) is 2.27. The zero-order valence-corrected chi connectivity index (χ0v) is 9.28. The molecule has 16 heavy (non-hydrogen) atoms. The first-order chi connectivity index (χ1) is 7.41. The fourth-order valence-corrected chi connectivity index (χ4v) is 1.99. The zero-order chi connectivity index (χ0) is 11.9. The van der Waals surface area contributed by atoms with Gasteiger partial charge in [-0.25, -0.2) is 0 Å². The van der Waals surface area contributed by atoms with Gasteiger partial charge in [-0.15, -0.1) is 0 Å². The molecule has 0 saturated heterocycles. The summed E-state index contributed by atoms with van der Waals surface area (Å²) in [5.41, 5.74) is -0.170. The molecular weight excluding hydrogens is 285 g/mol. The van der Waals surface area contributed by atoms with Crippen LogP contribution in [0.2, 0.25) is 0 Å². The van der Waals surface area contributed by atoms with Crippen molar-refractivity contribution in [2.24, 2.45) is 0 Å². The van der Waals surface area contributed by atoms with E-state index in [-0.39, 0.29) is 0 Å². The van der Waals surface area contributed by atoms with Gasteiger partial charge in [-0.2, -0.15) is 18.4 Å². The Morgan fingerprint density at radius 2 is 1.94 bits per heavy atom. The Balaban J connectivity index is 2.72. The molecule has 0 saturated carbocycles. The lowest BCUT2D eigenvalue weighted by atomic mass is 10.2. The van der Waals surface area contributed by atoms with Crippen molar-refractivity contribution in [3.8, 4) is 6.07 Å². The van der Waals surface area contributed by atoms with Gasteiger partial charge in [0, 0.05) is 9.86 Å². The predicted molar refractivity (Wildman–Crippen MR) is 55.7 cm³/mol. The van der Waals surface area contributed by atoms with E-state index in [1.165, 1.54) is 12.1 Å². The summed E-state index contributed by atoms with van der Waals surface area (Å²) in [6.07, 6.45) is -4.41. The van der Waals surface area contributed by atoms with Crippen molar-refractivity contribution in [2.75, 3.05) is 0 Å². The molecular formula is C10H4BrF3N2. The van der Waals surface area contributed by atoms with Crippen LogP contribution >= 0.6 is 15.9 Å². The first-order valence-electron chi connectivity index (χ1n) is 4.21. The van der Waals surface area contributed by atoms with Crippen molar-refractivity contribution >= 4 is 26.8 Å². The molecule has 0 amide bonds. The van der Waals surface area contributed by atoms with Crippen LogP contribution < -0.4 is 0 Å². The molecule has 0 aliphatic heterocycles. The molecule has 0 atom stereocenters. The van der Waals surface area contributed by atoms with E-state index in [9.17, 15) is 13.2 Å². The summed E-state index contributed by atoms with van der Waals surface area (Å²) >= 11 is 3.12. The molecule has 6 heteroatoms. The van der Waals surface area contributed by atoms with Crippen LogP contribution in [0.3, 0.4) is 0 Å². The molecule has 0 bridgehead atoms. The number of hydrogen-bond donors (Lipinski definition) is 1. The summed E-state index contributed by atoms with van der Waals surface area (Å²) in [6.45, 7) is 0. The van der Waals surface area contributed by atoms with Crippen LogP contribution in [0.25, 0.3) is 10.9 Å². The molecule has 0 spiro atoms. The summed E-state index contributed by atoms with van der Waals surface area (Å²) in [6, 6.07) is 5.75. The van der Waals surface area contributed by atoms with Crippen molar-refractivity contribution in [3.63, 3.8) is 0 Å². The van der Waals surface area contributed by atoms with Gasteiger partial charge in [0.25, 0.3) is 0 Å². The third-order valence-corrected chi connectivity index (χ3v) is 2.74. The van der Waals surface area contributed by atoms with Crippen LogP contribution in [0.5, 0.6) is 0 Å². The van der Waals surface area contributed by atoms with Gasteiger partial charge in [0.1, 0.15) is 5.69 Å². The maximum Gasteiger partial charge on any atom is 0.431 e. The number of halogens is 4. The number of aromatic nitrogens is 1. The van der Waals surface area contributed by atoms with E-state index in [1.54, 1.807) is 0 Å². The van der Waals surface area contributed by atoms with E-state index in [0.717, 1.165) is 6.07 Å². The number of alkyl halides is 3. The molecule has 2 aromatic rings. The second kappa shape index (κ2) is 3.52. The van der Waals surface area contributed by atoms with Gasteiger partial charge in [0.05, 0.1) is 17.1 Å². The van der Waals surface area contributed by atoms with Crippen LogP contribution in [0.15, 0.2) is 22.7 Å². The largest absolute Gasteiger partial charge is 0.431 e. The highest BCUT2D eigenvalue weighted by Crippen LogP contribution is 2.33. The SMILES string of the molecule is N#Cc1cc(Br)c2[nH]c(C(F)(F)F)cc2c1. The number of H-pyrrole nitrogens is 1. The number of fused-ring (bicyclic) bond motifs is 1. The Morgan fingerprint density at radius 1 is 1.25 bits per heavy atom. The molecule has 0 unspecified atom stereocenters. The minimum Gasteiger partial charge on any atom is -0.350 e. The Labute approximate surface area is 96.8 Å². The Kier molecular flexibility index (Phi) is 2.43. The van der Waals surface area contributed by atoms with E-state index < -0.39 is 11.9 Å². The second-order valence-electron chi connectivity index (χ2n) is 3.21.